The van der Waals surface area contributed by atoms with Crippen molar-refractivity contribution in [2.45, 2.75) is 45.7 Å². The van der Waals surface area contributed by atoms with Crippen LogP contribution < -0.4 is 5.32 Å². The van der Waals surface area contributed by atoms with Crippen molar-refractivity contribution >= 4 is 11.6 Å². The fraction of sp³-hybridized carbons (Fsp3) is 0.381. The number of allylic oxidation sites excluding steroid dienone is 2. The molecule has 1 unspecified atom stereocenters. The molecule has 2 aromatic rings. The standard InChI is InChI=1S/C21H26N6O/c1-14(2)27-13-18(19(25(27)4)16-8-5-7-15(3)11-16)24-21(28)17-12-23-26-10-6-9-22-20(17)26/h6,8-14,19H,5,7H2,1-4H3,(H,24,28). The molecule has 0 fully saturated rings. The Morgan fingerprint density at radius 3 is 2.93 bits per heavy atom. The van der Waals surface area contributed by atoms with Gasteiger partial charge in [-0.3, -0.25) is 4.79 Å². The average Bonchev–Trinajstić information content (AvgIpc) is 3.23. The first-order valence-corrected chi connectivity index (χ1v) is 9.65. The molecular formula is C21H26N6O. The quantitative estimate of drug-likeness (QED) is 0.886. The maximum Gasteiger partial charge on any atom is 0.261 e. The van der Waals surface area contributed by atoms with E-state index in [4.69, 9.17) is 0 Å². The minimum absolute atomic E-state index is 0.0172. The Hall–Kier alpha value is -2.93. The number of rotatable bonds is 4. The summed E-state index contributed by atoms with van der Waals surface area (Å²) in [5.74, 6) is -0.193. The van der Waals surface area contributed by atoms with Crippen LogP contribution in [-0.2, 0) is 0 Å². The Morgan fingerprint density at radius 1 is 1.36 bits per heavy atom. The van der Waals surface area contributed by atoms with Gasteiger partial charge < -0.3 is 10.3 Å². The highest BCUT2D eigenvalue weighted by atomic mass is 16.1. The Bertz CT molecular complexity index is 999. The van der Waals surface area contributed by atoms with Crippen molar-refractivity contribution in [2.75, 3.05) is 7.05 Å². The SMILES string of the molecule is CC1=CC(C2C(NC(=O)c3cnn4cccnc34)=CN(C(C)C)N2C)=CCC1. The first-order chi connectivity index (χ1) is 13.5. The molecule has 1 atom stereocenters. The highest BCUT2D eigenvalue weighted by Gasteiger charge is 2.35. The number of hydrazine groups is 1. The Labute approximate surface area is 165 Å². The van der Waals surface area contributed by atoms with Gasteiger partial charge in [0.05, 0.1) is 17.9 Å². The molecule has 4 rings (SSSR count). The van der Waals surface area contributed by atoms with Crippen molar-refractivity contribution in [1.29, 1.82) is 0 Å². The number of aromatic nitrogens is 3. The van der Waals surface area contributed by atoms with Gasteiger partial charge in [0.15, 0.2) is 5.65 Å². The monoisotopic (exact) mass is 378 g/mol. The molecule has 2 aromatic heterocycles. The molecule has 1 aliphatic carbocycles. The predicted molar refractivity (Wildman–Crippen MR) is 108 cm³/mol. The Morgan fingerprint density at radius 2 is 2.18 bits per heavy atom. The van der Waals surface area contributed by atoms with E-state index in [9.17, 15) is 4.79 Å². The van der Waals surface area contributed by atoms with Gasteiger partial charge in [-0.1, -0.05) is 17.7 Å². The van der Waals surface area contributed by atoms with Crippen molar-refractivity contribution in [3.63, 3.8) is 0 Å². The minimum atomic E-state index is -0.193. The molecule has 7 heteroatoms. The van der Waals surface area contributed by atoms with E-state index in [1.54, 1.807) is 29.2 Å². The lowest BCUT2D eigenvalue weighted by Crippen LogP contribution is -2.44. The normalized spacial score (nSPS) is 20.4. The molecule has 28 heavy (non-hydrogen) atoms. The number of carbonyl (C=O) groups is 1. The second-order valence-corrected chi connectivity index (χ2v) is 7.67. The molecule has 0 saturated heterocycles. The van der Waals surface area contributed by atoms with Crippen molar-refractivity contribution < 1.29 is 4.79 Å². The van der Waals surface area contributed by atoms with Gasteiger partial charge >= 0.3 is 0 Å². The van der Waals surface area contributed by atoms with Crippen LogP contribution in [0.4, 0.5) is 0 Å². The van der Waals surface area contributed by atoms with Crippen LogP contribution in [0.15, 0.2) is 59.9 Å². The molecule has 3 heterocycles. The summed E-state index contributed by atoms with van der Waals surface area (Å²) in [6.45, 7) is 6.44. The molecule has 0 spiro atoms. The fourth-order valence-electron chi connectivity index (χ4n) is 3.91. The van der Waals surface area contributed by atoms with E-state index in [1.807, 2.05) is 6.20 Å². The van der Waals surface area contributed by atoms with E-state index in [2.05, 4.69) is 65.4 Å². The minimum Gasteiger partial charge on any atom is -0.322 e. The summed E-state index contributed by atoms with van der Waals surface area (Å²) in [6, 6.07) is 2.06. The third kappa shape index (κ3) is 3.22. The van der Waals surface area contributed by atoms with E-state index in [0.717, 1.165) is 18.5 Å². The summed E-state index contributed by atoms with van der Waals surface area (Å²) >= 11 is 0. The number of likely N-dealkylation sites (N-methyl/N-ethyl adjacent to an activating group) is 1. The zero-order chi connectivity index (χ0) is 19.8. The molecule has 0 aromatic carbocycles. The van der Waals surface area contributed by atoms with Crippen molar-refractivity contribution in [3.8, 4) is 0 Å². The van der Waals surface area contributed by atoms with E-state index >= 15 is 0 Å². The third-order valence-electron chi connectivity index (χ3n) is 5.26. The maximum absolute atomic E-state index is 13.0. The van der Waals surface area contributed by atoms with Gasteiger partial charge in [-0.05, 0) is 45.3 Å². The summed E-state index contributed by atoms with van der Waals surface area (Å²) in [7, 11) is 2.07. The predicted octanol–water partition coefficient (Wildman–Crippen LogP) is 2.91. The van der Waals surface area contributed by atoms with Crippen LogP contribution in [0.2, 0.25) is 0 Å². The molecule has 2 aliphatic rings. The number of fused-ring (bicyclic) bond motifs is 1. The van der Waals surface area contributed by atoms with E-state index in [0.29, 0.717) is 11.2 Å². The van der Waals surface area contributed by atoms with Gasteiger partial charge in [0, 0.05) is 31.7 Å². The van der Waals surface area contributed by atoms with Crippen LogP contribution in [0.1, 0.15) is 44.0 Å². The van der Waals surface area contributed by atoms with Gasteiger partial charge in [0.2, 0.25) is 0 Å². The van der Waals surface area contributed by atoms with E-state index in [-0.39, 0.29) is 18.0 Å². The molecule has 1 N–H and O–H groups in total. The summed E-state index contributed by atoms with van der Waals surface area (Å²) in [5.41, 5.74) is 4.48. The molecule has 0 saturated carbocycles. The molecule has 0 radical (unpaired) electrons. The molecule has 146 valence electrons. The van der Waals surface area contributed by atoms with Crippen molar-refractivity contribution in [2.24, 2.45) is 0 Å². The molecular weight excluding hydrogens is 352 g/mol. The van der Waals surface area contributed by atoms with Crippen molar-refractivity contribution in [1.82, 2.24) is 29.9 Å². The zero-order valence-corrected chi connectivity index (χ0v) is 16.8. The average molecular weight is 378 g/mol. The first kappa shape index (κ1) is 18.4. The van der Waals surface area contributed by atoms with Gasteiger partial charge in [-0.15, -0.1) is 0 Å². The van der Waals surface area contributed by atoms with Crippen LogP contribution in [0, 0.1) is 0 Å². The number of hydrogen-bond acceptors (Lipinski definition) is 5. The number of hydrogen-bond donors (Lipinski definition) is 1. The second-order valence-electron chi connectivity index (χ2n) is 7.67. The van der Waals surface area contributed by atoms with Gasteiger partial charge in [0.25, 0.3) is 5.91 Å². The highest BCUT2D eigenvalue weighted by Crippen LogP contribution is 2.31. The number of carbonyl (C=O) groups excluding carboxylic acids is 1. The second kappa shape index (κ2) is 7.24. The summed E-state index contributed by atoms with van der Waals surface area (Å²) in [5, 5.41) is 11.7. The number of nitrogens with one attached hydrogen (secondary N) is 1. The van der Waals surface area contributed by atoms with Gasteiger partial charge in [-0.2, -0.15) is 5.10 Å². The number of amides is 1. The van der Waals surface area contributed by atoms with Gasteiger partial charge in [0.1, 0.15) is 5.56 Å². The maximum atomic E-state index is 13.0. The van der Waals surface area contributed by atoms with Crippen LogP contribution >= 0.6 is 0 Å². The highest BCUT2D eigenvalue weighted by molar-refractivity contribution is 6.00. The summed E-state index contributed by atoms with van der Waals surface area (Å²) in [4.78, 5) is 17.3. The van der Waals surface area contributed by atoms with Crippen LogP contribution in [0.25, 0.3) is 5.65 Å². The fourth-order valence-corrected chi connectivity index (χ4v) is 3.91. The first-order valence-electron chi connectivity index (χ1n) is 9.65. The van der Waals surface area contributed by atoms with Crippen LogP contribution in [0.3, 0.4) is 0 Å². The molecule has 0 bridgehead atoms. The lowest BCUT2D eigenvalue weighted by Gasteiger charge is -2.34. The van der Waals surface area contributed by atoms with Crippen LogP contribution in [-0.4, -0.2) is 49.7 Å². The van der Waals surface area contributed by atoms with E-state index in [1.165, 1.54) is 11.1 Å². The zero-order valence-electron chi connectivity index (χ0n) is 16.8. The topological polar surface area (TPSA) is 65.8 Å². The smallest absolute Gasteiger partial charge is 0.261 e. The molecule has 1 amide bonds. The third-order valence-corrected chi connectivity index (χ3v) is 5.26. The molecule has 1 aliphatic heterocycles. The van der Waals surface area contributed by atoms with Gasteiger partial charge in [-0.25, -0.2) is 14.5 Å². The Kier molecular flexibility index (Phi) is 4.77. The van der Waals surface area contributed by atoms with Crippen molar-refractivity contribution in [3.05, 3.63) is 65.4 Å². The Balaban J connectivity index is 1.66. The molecule has 7 nitrogen and oxygen atoms in total. The lowest BCUT2D eigenvalue weighted by molar-refractivity contribution is 0.0283. The van der Waals surface area contributed by atoms with Crippen LogP contribution in [0.5, 0.6) is 0 Å². The lowest BCUT2D eigenvalue weighted by atomic mass is 9.94. The van der Waals surface area contributed by atoms with E-state index < -0.39 is 0 Å². The largest absolute Gasteiger partial charge is 0.322 e. The summed E-state index contributed by atoms with van der Waals surface area (Å²) in [6.07, 6.45) is 13.7. The summed E-state index contributed by atoms with van der Waals surface area (Å²) < 4.78 is 1.61. The number of nitrogens with zero attached hydrogens (tertiary/aromatic N) is 5.